The van der Waals surface area contributed by atoms with Crippen LogP contribution < -0.4 is 4.90 Å². The van der Waals surface area contributed by atoms with Crippen molar-refractivity contribution in [2.75, 3.05) is 4.90 Å². The van der Waals surface area contributed by atoms with Crippen molar-refractivity contribution in [1.29, 1.82) is 0 Å². The van der Waals surface area contributed by atoms with Crippen LogP contribution in [-0.4, -0.2) is 17.6 Å². The predicted octanol–water partition coefficient (Wildman–Crippen LogP) is 8.84. The number of allylic oxidation sites excluding steroid dienone is 2. The maximum atomic E-state index is 15.9. The fourth-order valence-corrected chi connectivity index (χ4v) is 8.58. The first-order chi connectivity index (χ1) is 22.3. The highest BCUT2D eigenvalue weighted by Crippen LogP contribution is 2.74. The first-order valence-corrected chi connectivity index (χ1v) is 16.0. The van der Waals surface area contributed by atoms with E-state index in [0.717, 1.165) is 11.1 Å². The maximum absolute atomic E-state index is 15.9. The topological polar surface area (TPSA) is 54.5 Å². The summed E-state index contributed by atoms with van der Waals surface area (Å²) in [4.78, 5) is 47.1. The van der Waals surface area contributed by atoms with Gasteiger partial charge in [-0.05, 0) is 81.9 Å². The van der Waals surface area contributed by atoms with Crippen LogP contribution in [0.1, 0.15) is 22.3 Å². The minimum Gasteiger partial charge on any atom is -0.297 e. The molecule has 0 radical (unpaired) electrons. The Labute approximate surface area is 280 Å². The quantitative estimate of drug-likeness (QED) is 0.177. The number of Topliss-reactive ketones (excluding diaryl/α,β-unsaturated/α-hetero) is 1. The van der Waals surface area contributed by atoms with Crippen molar-refractivity contribution in [1.82, 2.24) is 0 Å². The van der Waals surface area contributed by atoms with E-state index in [1.54, 1.807) is 48.5 Å². The number of ketones is 1. The summed E-state index contributed by atoms with van der Waals surface area (Å²) < 4.78 is 0. The van der Waals surface area contributed by atoms with Gasteiger partial charge in [-0.3, -0.25) is 14.4 Å². The van der Waals surface area contributed by atoms with Gasteiger partial charge < -0.3 is 0 Å². The number of rotatable bonds is 5. The van der Waals surface area contributed by atoms with Gasteiger partial charge in [-0.15, -0.1) is 0 Å². The Kier molecular flexibility index (Phi) is 6.63. The molecule has 0 N–H and O–H groups in total. The summed E-state index contributed by atoms with van der Waals surface area (Å²) in [7, 11) is 0. The highest BCUT2D eigenvalue weighted by molar-refractivity contribution is 6.39. The minimum absolute atomic E-state index is 0.213. The summed E-state index contributed by atoms with van der Waals surface area (Å²) in [6, 6.07) is 40.2. The molecule has 1 heterocycles. The number of carbonyl (C=O) groups excluding carboxylic acids is 3. The van der Waals surface area contributed by atoms with Crippen LogP contribution in [0, 0.1) is 11.8 Å². The highest BCUT2D eigenvalue weighted by atomic mass is 35.5. The van der Waals surface area contributed by atoms with E-state index in [1.807, 2.05) is 84.9 Å². The zero-order valence-corrected chi connectivity index (χ0v) is 26.4. The van der Waals surface area contributed by atoms with Gasteiger partial charge >= 0.3 is 0 Å². The van der Waals surface area contributed by atoms with Crippen LogP contribution in [0.3, 0.4) is 0 Å². The van der Waals surface area contributed by atoms with E-state index in [-0.39, 0.29) is 5.78 Å². The van der Waals surface area contributed by atoms with Gasteiger partial charge in [-0.1, -0.05) is 120 Å². The number of hydrogen-bond acceptors (Lipinski definition) is 3. The van der Waals surface area contributed by atoms with Crippen molar-refractivity contribution in [3.63, 3.8) is 0 Å². The Balaban J connectivity index is 1.56. The van der Waals surface area contributed by atoms with Gasteiger partial charge in [0.2, 0.25) is 11.8 Å². The molecule has 2 fully saturated rings. The van der Waals surface area contributed by atoms with E-state index < -0.39 is 34.5 Å². The normalized spacial score (nSPS) is 25.0. The molecule has 46 heavy (non-hydrogen) atoms. The Morgan fingerprint density at radius 1 is 0.457 bits per heavy atom. The predicted molar refractivity (Wildman–Crippen MR) is 182 cm³/mol. The van der Waals surface area contributed by atoms with Crippen molar-refractivity contribution in [3.05, 3.63) is 171 Å². The number of amides is 2. The van der Waals surface area contributed by atoms with Crippen LogP contribution in [0.4, 0.5) is 5.69 Å². The molecule has 3 aliphatic rings. The van der Waals surface area contributed by atoms with Crippen LogP contribution >= 0.6 is 34.8 Å². The minimum atomic E-state index is -1.52. The average molecular weight is 661 g/mol. The lowest BCUT2D eigenvalue weighted by atomic mass is 9.59. The van der Waals surface area contributed by atoms with Crippen LogP contribution in [-0.2, 0) is 25.2 Å². The Morgan fingerprint density at radius 3 is 1.17 bits per heavy atom. The van der Waals surface area contributed by atoms with E-state index in [9.17, 15) is 9.59 Å². The largest absolute Gasteiger partial charge is 0.297 e. The Hall–Kier alpha value is -4.48. The number of fused-ring (bicyclic) bond motifs is 5. The molecule has 0 aromatic heterocycles. The summed E-state index contributed by atoms with van der Waals surface area (Å²) in [6.45, 7) is 0. The van der Waals surface area contributed by atoms with Crippen molar-refractivity contribution in [2.24, 2.45) is 11.8 Å². The van der Waals surface area contributed by atoms with Crippen molar-refractivity contribution in [2.45, 2.75) is 10.8 Å². The van der Waals surface area contributed by atoms with Gasteiger partial charge in [0.05, 0.1) is 28.4 Å². The molecule has 0 spiro atoms. The second-order valence-corrected chi connectivity index (χ2v) is 13.2. The number of anilines is 1. The van der Waals surface area contributed by atoms with E-state index in [0.29, 0.717) is 43.0 Å². The van der Waals surface area contributed by atoms with E-state index in [4.69, 9.17) is 34.8 Å². The number of carbonyl (C=O) groups is 3. The number of hydrogen-bond donors (Lipinski definition) is 0. The lowest BCUT2D eigenvalue weighted by Crippen LogP contribution is -2.45. The second-order valence-electron chi connectivity index (χ2n) is 11.9. The van der Waals surface area contributed by atoms with E-state index >= 15 is 4.79 Å². The van der Waals surface area contributed by atoms with E-state index in [1.165, 1.54) is 4.90 Å². The fourth-order valence-electron chi connectivity index (χ4n) is 8.20. The first-order valence-electron chi connectivity index (χ1n) is 14.9. The summed E-state index contributed by atoms with van der Waals surface area (Å²) in [5.41, 5.74) is 1.59. The molecule has 1 saturated carbocycles. The molecule has 4 nitrogen and oxygen atoms in total. The third kappa shape index (κ3) is 3.72. The van der Waals surface area contributed by atoms with Gasteiger partial charge in [0.25, 0.3) is 0 Å². The van der Waals surface area contributed by atoms with Crippen LogP contribution in [0.15, 0.2) is 133 Å². The van der Waals surface area contributed by atoms with Crippen molar-refractivity contribution in [3.8, 4) is 0 Å². The third-order valence-electron chi connectivity index (χ3n) is 9.80. The molecule has 2 amide bonds. The maximum Gasteiger partial charge on any atom is 0.239 e. The number of imide groups is 1. The van der Waals surface area contributed by atoms with Crippen molar-refractivity contribution < 1.29 is 14.4 Å². The molecule has 2 bridgehead atoms. The van der Waals surface area contributed by atoms with Crippen molar-refractivity contribution >= 4 is 69.2 Å². The van der Waals surface area contributed by atoms with Crippen LogP contribution in [0.25, 0.3) is 11.1 Å². The van der Waals surface area contributed by atoms with Gasteiger partial charge in [0, 0.05) is 15.1 Å². The Bertz CT molecular complexity index is 1950. The number of halogens is 3. The molecule has 7 heteroatoms. The third-order valence-corrected chi connectivity index (χ3v) is 10.6. The molecule has 4 atom stereocenters. The summed E-state index contributed by atoms with van der Waals surface area (Å²) >= 11 is 19.0. The summed E-state index contributed by atoms with van der Waals surface area (Å²) in [5, 5.41) is 1.47. The molecule has 5 aromatic rings. The molecule has 1 saturated heterocycles. The van der Waals surface area contributed by atoms with Crippen LogP contribution in [0.2, 0.25) is 15.1 Å². The van der Waals surface area contributed by atoms with Gasteiger partial charge in [0.1, 0.15) is 0 Å². The smallest absolute Gasteiger partial charge is 0.239 e. The standard InChI is InChI=1S/C39H24Cl3NO3/c40-27-15-11-25(12-16-27)38-31(23-7-3-1-4-8-23)32(24-9-5-2-6-10-24)39(37(38)46,26-13-17-28(41)18-14-26)34-33(38)35(44)43(36(34)45)30-21-19-29(42)20-22-30/h1-22,33-34H/t33-,34+,38-,39+. The molecular weight excluding hydrogens is 637 g/mol. The van der Waals surface area contributed by atoms with E-state index in [2.05, 4.69) is 0 Å². The van der Waals surface area contributed by atoms with Gasteiger partial charge in [-0.2, -0.15) is 0 Å². The van der Waals surface area contributed by atoms with Gasteiger partial charge in [0.15, 0.2) is 5.78 Å². The lowest BCUT2D eigenvalue weighted by molar-refractivity contribution is -0.130. The molecule has 5 aromatic carbocycles. The molecule has 2 aliphatic carbocycles. The fraction of sp³-hybridized carbons (Fsp3) is 0.103. The SMILES string of the molecule is O=C1[C@@H]2[C@H](C(=O)N1c1ccc(Cl)cc1)[C@]1(c3ccc(Cl)cc3)C(=O)[C@@]2(c2ccc(Cl)cc2)C(c2ccccc2)=C1c1ccccc1. The molecule has 224 valence electrons. The Morgan fingerprint density at radius 2 is 0.804 bits per heavy atom. The molecule has 0 unspecified atom stereocenters. The highest BCUT2D eigenvalue weighted by Gasteiger charge is 2.82. The number of benzene rings is 5. The van der Waals surface area contributed by atoms with Gasteiger partial charge in [-0.25, -0.2) is 4.90 Å². The molecular formula is C39H24Cl3NO3. The average Bonchev–Trinajstić information content (AvgIpc) is 3.58. The summed E-state index contributed by atoms with van der Waals surface area (Å²) in [6.07, 6.45) is 0. The molecule has 1 aliphatic heterocycles. The zero-order chi connectivity index (χ0) is 31.8. The summed E-state index contributed by atoms with van der Waals surface area (Å²) in [5.74, 6) is -3.16. The lowest BCUT2D eigenvalue weighted by Gasteiger charge is -2.39. The number of nitrogens with zero attached hydrogens (tertiary/aromatic N) is 1. The first kappa shape index (κ1) is 29.0. The molecule has 8 rings (SSSR count). The van der Waals surface area contributed by atoms with Crippen LogP contribution in [0.5, 0.6) is 0 Å². The zero-order valence-electron chi connectivity index (χ0n) is 24.2. The monoisotopic (exact) mass is 659 g/mol. The second kappa shape index (κ2) is 10.5.